The van der Waals surface area contributed by atoms with Crippen molar-refractivity contribution in [1.29, 1.82) is 0 Å². The molecule has 2 aromatic rings. The zero-order valence-electron chi connectivity index (χ0n) is 19.9. The molecule has 0 aliphatic carbocycles. The van der Waals surface area contributed by atoms with E-state index in [0.29, 0.717) is 42.9 Å². The summed E-state index contributed by atoms with van der Waals surface area (Å²) in [5, 5.41) is 6.31. The molecule has 1 aromatic heterocycles. The maximum Gasteiger partial charge on any atom is 0.263 e. The zero-order valence-corrected chi connectivity index (χ0v) is 19.9. The van der Waals surface area contributed by atoms with Crippen LogP contribution in [0.2, 0.25) is 0 Å². The molecule has 2 N–H and O–H groups in total. The fourth-order valence-corrected chi connectivity index (χ4v) is 3.82. The van der Waals surface area contributed by atoms with E-state index in [-0.39, 0.29) is 12.0 Å². The average molecular weight is 441 g/mol. The number of anilines is 3. The SMILES string of the molecule is CCNc1ncc2c(n1)N(C)CCN(c1cccc(COC(CCNC)C(C)C)c1)C2=O. The monoisotopic (exact) mass is 440 g/mol. The van der Waals surface area contributed by atoms with Gasteiger partial charge in [0.15, 0.2) is 0 Å². The third kappa shape index (κ3) is 5.75. The van der Waals surface area contributed by atoms with Crippen LogP contribution in [0.25, 0.3) is 0 Å². The number of hydrogen-bond donors (Lipinski definition) is 2. The van der Waals surface area contributed by atoms with Crippen LogP contribution >= 0.6 is 0 Å². The van der Waals surface area contributed by atoms with Crippen molar-refractivity contribution in [2.75, 3.05) is 55.4 Å². The molecule has 0 saturated heterocycles. The number of amides is 1. The first kappa shape index (κ1) is 23.9. The highest BCUT2D eigenvalue weighted by Crippen LogP contribution is 2.27. The Balaban J connectivity index is 1.78. The highest BCUT2D eigenvalue weighted by Gasteiger charge is 2.28. The van der Waals surface area contributed by atoms with E-state index >= 15 is 0 Å². The Morgan fingerprint density at radius 1 is 1.25 bits per heavy atom. The normalized spacial score (nSPS) is 15.0. The highest BCUT2D eigenvalue weighted by atomic mass is 16.5. The summed E-state index contributed by atoms with van der Waals surface area (Å²) in [5.41, 5.74) is 2.44. The lowest BCUT2D eigenvalue weighted by molar-refractivity contribution is 0.00588. The standard InChI is InChI=1S/C24H36N6O2/c1-6-26-24-27-15-20-22(28-24)29(5)12-13-30(23(20)31)19-9-7-8-18(14-19)16-32-21(17(2)3)10-11-25-4/h7-9,14-15,17,21,25H,6,10-13,16H2,1-5H3,(H,26,27,28). The minimum Gasteiger partial charge on any atom is -0.373 e. The maximum absolute atomic E-state index is 13.4. The molecule has 174 valence electrons. The molecule has 8 nitrogen and oxygen atoms in total. The van der Waals surface area contributed by atoms with Crippen LogP contribution in [0.4, 0.5) is 17.5 Å². The molecule has 1 aliphatic rings. The molecule has 0 saturated carbocycles. The summed E-state index contributed by atoms with van der Waals surface area (Å²) in [6.07, 6.45) is 2.78. The number of benzene rings is 1. The van der Waals surface area contributed by atoms with Gasteiger partial charge in [0.05, 0.1) is 12.7 Å². The van der Waals surface area contributed by atoms with E-state index in [4.69, 9.17) is 4.74 Å². The largest absolute Gasteiger partial charge is 0.373 e. The summed E-state index contributed by atoms with van der Waals surface area (Å²) in [7, 11) is 3.92. The molecule has 8 heteroatoms. The third-order valence-corrected chi connectivity index (χ3v) is 5.71. The quantitative estimate of drug-likeness (QED) is 0.587. The van der Waals surface area contributed by atoms with E-state index in [2.05, 4.69) is 34.4 Å². The number of carbonyl (C=O) groups is 1. The van der Waals surface area contributed by atoms with Crippen molar-refractivity contribution in [2.45, 2.75) is 39.9 Å². The van der Waals surface area contributed by atoms with E-state index in [1.54, 1.807) is 6.20 Å². The molecule has 0 spiro atoms. The van der Waals surface area contributed by atoms with Crippen LogP contribution in [0.5, 0.6) is 0 Å². The lowest BCUT2D eigenvalue weighted by atomic mass is 10.0. The van der Waals surface area contributed by atoms with Gasteiger partial charge in [0.2, 0.25) is 5.95 Å². The lowest BCUT2D eigenvalue weighted by Gasteiger charge is -2.23. The van der Waals surface area contributed by atoms with Crippen LogP contribution in [-0.2, 0) is 11.3 Å². The van der Waals surface area contributed by atoms with E-state index < -0.39 is 0 Å². The fraction of sp³-hybridized carbons (Fsp3) is 0.542. The molecule has 0 radical (unpaired) electrons. The van der Waals surface area contributed by atoms with Gasteiger partial charge in [0.25, 0.3) is 5.91 Å². The Hall–Kier alpha value is -2.71. The first-order valence-electron chi connectivity index (χ1n) is 11.4. The number of fused-ring (bicyclic) bond motifs is 1. The molecule has 2 heterocycles. The number of aromatic nitrogens is 2. The fourth-order valence-electron chi connectivity index (χ4n) is 3.82. The second kappa shape index (κ2) is 11.2. The van der Waals surface area contributed by atoms with Gasteiger partial charge in [-0.25, -0.2) is 4.98 Å². The first-order chi connectivity index (χ1) is 15.4. The topological polar surface area (TPSA) is 82.6 Å². The minimum atomic E-state index is -0.0838. The van der Waals surface area contributed by atoms with Crippen molar-refractivity contribution >= 4 is 23.4 Å². The summed E-state index contributed by atoms with van der Waals surface area (Å²) in [4.78, 5) is 26.1. The van der Waals surface area contributed by atoms with Crippen LogP contribution in [0.3, 0.4) is 0 Å². The average Bonchev–Trinajstić information content (AvgIpc) is 2.90. The van der Waals surface area contributed by atoms with Gasteiger partial charge in [-0.05, 0) is 50.6 Å². The molecule has 1 aromatic carbocycles. The van der Waals surface area contributed by atoms with Crippen molar-refractivity contribution in [3.05, 3.63) is 41.6 Å². The number of rotatable bonds is 10. The van der Waals surface area contributed by atoms with Gasteiger partial charge in [-0.15, -0.1) is 0 Å². The Morgan fingerprint density at radius 2 is 2.06 bits per heavy atom. The third-order valence-electron chi connectivity index (χ3n) is 5.71. The summed E-state index contributed by atoms with van der Waals surface area (Å²) < 4.78 is 6.22. The molecule has 3 rings (SSSR count). The Labute approximate surface area is 191 Å². The van der Waals surface area contributed by atoms with Crippen LogP contribution in [0, 0.1) is 5.92 Å². The number of nitrogens with zero attached hydrogens (tertiary/aromatic N) is 4. The van der Waals surface area contributed by atoms with Crippen molar-refractivity contribution in [3.63, 3.8) is 0 Å². The maximum atomic E-state index is 13.4. The molecule has 1 aliphatic heterocycles. The minimum absolute atomic E-state index is 0.0838. The molecule has 0 fully saturated rings. The number of nitrogens with one attached hydrogen (secondary N) is 2. The number of ether oxygens (including phenoxy) is 1. The summed E-state index contributed by atoms with van der Waals surface area (Å²) in [6, 6.07) is 8.06. The van der Waals surface area contributed by atoms with Crippen LogP contribution in [0.15, 0.2) is 30.5 Å². The van der Waals surface area contributed by atoms with E-state index in [1.807, 2.05) is 55.1 Å². The van der Waals surface area contributed by atoms with Gasteiger partial charge in [0.1, 0.15) is 11.4 Å². The van der Waals surface area contributed by atoms with Crippen molar-refractivity contribution in [2.24, 2.45) is 5.92 Å². The molecule has 1 amide bonds. The smallest absolute Gasteiger partial charge is 0.263 e. The van der Waals surface area contributed by atoms with E-state index in [9.17, 15) is 4.79 Å². The van der Waals surface area contributed by atoms with Gasteiger partial charge >= 0.3 is 0 Å². The van der Waals surface area contributed by atoms with Crippen molar-refractivity contribution in [1.82, 2.24) is 15.3 Å². The van der Waals surface area contributed by atoms with E-state index in [1.165, 1.54) is 0 Å². The molecular formula is C24H36N6O2. The molecule has 1 unspecified atom stereocenters. The van der Waals surface area contributed by atoms with Gasteiger partial charge in [0, 0.05) is 38.6 Å². The first-order valence-corrected chi connectivity index (χ1v) is 11.4. The molecule has 32 heavy (non-hydrogen) atoms. The summed E-state index contributed by atoms with van der Waals surface area (Å²) >= 11 is 0. The predicted molar refractivity (Wildman–Crippen MR) is 130 cm³/mol. The van der Waals surface area contributed by atoms with Gasteiger partial charge < -0.3 is 25.2 Å². The zero-order chi connectivity index (χ0) is 23.1. The van der Waals surface area contributed by atoms with Gasteiger partial charge in [-0.2, -0.15) is 4.98 Å². The Bertz CT molecular complexity index is 904. The molecule has 1 atom stereocenters. The predicted octanol–water partition coefficient (Wildman–Crippen LogP) is 3.16. The Kier molecular flexibility index (Phi) is 8.41. The molecule has 0 bridgehead atoms. The summed E-state index contributed by atoms with van der Waals surface area (Å²) in [6.45, 7) is 9.79. The van der Waals surface area contributed by atoms with Crippen molar-refractivity contribution < 1.29 is 9.53 Å². The van der Waals surface area contributed by atoms with Gasteiger partial charge in [-0.3, -0.25) is 4.79 Å². The number of carbonyl (C=O) groups excluding carboxylic acids is 1. The highest BCUT2D eigenvalue weighted by molar-refractivity contribution is 6.09. The Morgan fingerprint density at radius 3 is 2.78 bits per heavy atom. The van der Waals surface area contributed by atoms with Crippen molar-refractivity contribution in [3.8, 4) is 0 Å². The lowest BCUT2D eigenvalue weighted by Crippen LogP contribution is -2.33. The van der Waals surface area contributed by atoms with Crippen LogP contribution in [-0.4, -0.2) is 62.3 Å². The van der Waals surface area contributed by atoms with Gasteiger partial charge in [-0.1, -0.05) is 26.0 Å². The second-order valence-corrected chi connectivity index (χ2v) is 8.50. The van der Waals surface area contributed by atoms with Crippen LogP contribution in [0.1, 0.15) is 43.1 Å². The second-order valence-electron chi connectivity index (χ2n) is 8.50. The number of likely N-dealkylation sites (N-methyl/N-ethyl adjacent to an activating group) is 1. The van der Waals surface area contributed by atoms with E-state index in [0.717, 1.165) is 30.8 Å². The van der Waals surface area contributed by atoms with Crippen LogP contribution < -0.4 is 20.4 Å². The molecular weight excluding hydrogens is 404 g/mol. The number of hydrogen-bond acceptors (Lipinski definition) is 7. The summed E-state index contributed by atoms with van der Waals surface area (Å²) in [5.74, 6) is 1.56.